The Bertz CT molecular complexity index is 579. The second-order valence-corrected chi connectivity index (χ2v) is 3.97. The number of rotatable bonds is 4. The lowest BCUT2D eigenvalue weighted by molar-refractivity contribution is 0.0566. The third-order valence-corrected chi connectivity index (χ3v) is 2.50. The molecular weight excluding hydrogens is 238 g/mol. The van der Waals surface area contributed by atoms with Gasteiger partial charge in [0.1, 0.15) is 6.10 Å². The fourth-order valence-corrected chi connectivity index (χ4v) is 1.32. The fourth-order valence-electron chi connectivity index (χ4n) is 1.32. The summed E-state index contributed by atoms with van der Waals surface area (Å²) >= 11 is 0. The number of aliphatic hydroxyl groups is 1. The molecule has 0 fully saturated rings. The maximum Gasteiger partial charge on any atom is 0.356 e. The van der Waals surface area contributed by atoms with Crippen molar-refractivity contribution in [1.82, 2.24) is 14.6 Å². The molecule has 2 heterocycles. The van der Waals surface area contributed by atoms with Gasteiger partial charge in [-0.3, -0.25) is 0 Å². The standard InChI is InChI=1S/C11H13N3O4/c1-6(15)7(2)18-10-4-3-9-12-8(11(16)17)5-14(9)13-10/h3-7,15H,1-2H3,(H,16,17)/t6-,7-/m1/s1. The molecule has 2 atom stereocenters. The maximum absolute atomic E-state index is 10.8. The minimum Gasteiger partial charge on any atom is -0.476 e. The number of hydrogen-bond donors (Lipinski definition) is 2. The smallest absolute Gasteiger partial charge is 0.356 e. The maximum atomic E-state index is 10.8. The molecule has 0 aliphatic rings. The third-order valence-electron chi connectivity index (χ3n) is 2.50. The average Bonchev–Trinajstić information content (AvgIpc) is 2.71. The molecule has 7 heteroatoms. The molecule has 0 spiro atoms. The summed E-state index contributed by atoms with van der Waals surface area (Å²) in [4.78, 5) is 14.6. The Kier molecular flexibility index (Phi) is 3.15. The summed E-state index contributed by atoms with van der Waals surface area (Å²) in [7, 11) is 0. The van der Waals surface area contributed by atoms with Gasteiger partial charge in [-0.05, 0) is 19.9 Å². The average molecular weight is 251 g/mol. The topological polar surface area (TPSA) is 97.0 Å². The van der Waals surface area contributed by atoms with Gasteiger partial charge >= 0.3 is 5.97 Å². The van der Waals surface area contributed by atoms with Crippen LogP contribution in [0.1, 0.15) is 24.3 Å². The molecule has 7 nitrogen and oxygen atoms in total. The van der Waals surface area contributed by atoms with E-state index in [0.29, 0.717) is 11.5 Å². The van der Waals surface area contributed by atoms with E-state index in [-0.39, 0.29) is 5.69 Å². The first-order valence-electron chi connectivity index (χ1n) is 5.42. The van der Waals surface area contributed by atoms with Gasteiger partial charge < -0.3 is 14.9 Å². The Hall–Kier alpha value is -2.15. The number of ether oxygens (including phenoxy) is 1. The van der Waals surface area contributed by atoms with Crippen LogP contribution in [-0.2, 0) is 0 Å². The Morgan fingerprint density at radius 3 is 2.78 bits per heavy atom. The summed E-state index contributed by atoms with van der Waals surface area (Å²) in [5.41, 5.74) is 0.340. The second kappa shape index (κ2) is 4.61. The van der Waals surface area contributed by atoms with Crippen LogP contribution in [0.25, 0.3) is 5.65 Å². The molecule has 0 unspecified atom stereocenters. The SMILES string of the molecule is C[C@@H](O)[C@@H](C)Oc1ccc2nc(C(=O)O)cn2n1. The molecule has 0 radical (unpaired) electrons. The van der Waals surface area contributed by atoms with E-state index in [1.165, 1.54) is 10.7 Å². The van der Waals surface area contributed by atoms with Gasteiger partial charge in [-0.1, -0.05) is 0 Å². The summed E-state index contributed by atoms with van der Waals surface area (Å²) < 4.78 is 6.72. The van der Waals surface area contributed by atoms with Crippen molar-refractivity contribution in [2.45, 2.75) is 26.1 Å². The highest BCUT2D eigenvalue weighted by Crippen LogP contribution is 2.12. The Morgan fingerprint density at radius 1 is 1.44 bits per heavy atom. The van der Waals surface area contributed by atoms with Crippen molar-refractivity contribution in [2.75, 3.05) is 0 Å². The van der Waals surface area contributed by atoms with Crippen LogP contribution in [0.3, 0.4) is 0 Å². The van der Waals surface area contributed by atoms with Crippen LogP contribution in [0, 0.1) is 0 Å². The van der Waals surface area contributed by atoms with Crippen molar-refractivity contribution in [1.29, 1.82) is 0 Å². The summed E-state index contributed by atoms with van der Waals surface area (Å²) in [5.74, 6) is -0.814. The molecule has 0 saturated heterocycles. The number of nitrogens with zero attached hydrogens (tertiary/aromatic N) is 3. The summed E-state index contributed by atoms with van der Waals surface area (Å²) in [6, 6.07) is 3.18. The summed E-state index contributed by atoms with van der Waals surface area (Å²) in [5, 5.41) is 22.2. The quantitative estimate of drug-likeness (QED) is 0.824. The molecule has 2 aromatic rings. The zero-order chi connectivity index (χ0) is 13.3. The number of aromatic nitrogens is 3. The van der Waals surface area contributed by atoms with Gasteiger partial charge in [0.15, 0.2) is 11.3 Å². The summed E-state index contributed by atoms with van der Waals surface area (Å²) in [6.07, 6.45) is 0.273. The van der Waals surface area contributed by atoms with Crippen LogP contribution < -0.4 is 4.74 Å². The van der Waals surface area contributed by atoms with E-state index in [1.807, 2.05) is 0 Å². The normalized spacial score (nSPS) is 14.4. The molecule has 2 N–H and O–H groups in total. The number of fused-ring (bicyclic) bond motifs is 1. The molecular formula is C11H13N3O4. The molecule has 0 bridgehead atoms. The van der Waals surface area contributed by atoms with E-state index in [1.54, 1.807) is 26.0 Å². The van der Waals surface area contributed by atoms with Crippen LogP contribution in [0.5, 0.6) is 5.88 Å². The monoisotopic (exact) mass is 251 g/mol. The predicted octanol–water partition coefficient (Wildman–Crippen LogP) is 0.576. The molecule has 0 aromatic carbocycles. The molecule has 2 rings (SSSR count). The molecule has 18 heavy (non-hydrogen) atoms. The molecule has 96 valence electrons. The molecule has 0 aliphatic heterocycles. The van der Waals surface area contributed by atoms with E-state index in [0.717, 1.165) is 0 Å². The Labute approximate surface area is 103 Å². The molecule has 0 saturated carbocycles. The van der Waals surface area contributed by atoms with Gasteiger partial charge in [0, 0.05) is 6.07 Å². The predicted molar refractivity (Wildman–Crippen MR) is 61.7 cm³/mol. The van der Waals surface area contributed by atoms with Crippen LogP contribution in [0.15, 0.2) is 18.3 Å². The van der Waals surface area contributed by atoms with Crippen LogP contribution in [0.2, 0.25) is 0 Å². The summed E-state index contributed by atoms with van der Waals surface area (Å²) in [6.45, 7) is 3.33. The highest BCUT2D eigenvalue weighted by atomic mass is 16.5. The van der Waals surface area contributed by atoms with Gasteiger partial charge in [-0.2, -0.15) is 0 Å². The van der Waals surface area contributed by atoms with Crippen molar-refractivity contribution >= 4 is 11.6 Å². The van der Waals surface area contributed by atoms with E-state index in [4.69, 9.17) is 9.84 Å². The van der Waals surface area contributed by atoms with E-state index in [9.17, 15) is 9.90 Å². The largest absolute Gasteiger partial charge is 0.476 e. The van der Waals surface area contributed by atoms with Gasteiger partial charge in [0.05, 0.1) is 12.3 Å². The third kappa shape index (κ3) is 2.40. The number of aromatic carboxylic acids is 1. The highest BCUT2D eigenvalue weighted by Gasteiger charge is 2.13. The lowest BCUT2D eigenvalue weighted by Crippen LogP contribution is -2.26. The lowest BCUT2D eigenvalue weighted by Gasteiger charge is -2.15. The zero-order valence-electron chi connectivity index (χ0n) is 9.94. The van der Waals surface area contributed by atoms with Gasteiger partial charge in [-0.15, -0.1) is 5.10 Å². The van der Waals surface area contributed by atoms with Gasteiger partial charge in [0.2, 0.25) is 5.88 Å². The van der Waals surface area contributed by atoms with Crippen LogP contribution in [-0.4, -0.2) is 43.0 Å². The Morgan fingerprint density at radius 2 is 2.17 bits per heavy atom. The number of hydrogen-bond acceptors (Lipinski definition) is 5. The number of carboxylic acid groups (broad SMARTS) is 1. The van der Waals surface area contributed by atoms with E-state index >= 15 is 0 Å². The van der Waals surface area contributed by atoms with E-state index < -0.39 is 18.2 Å². The van der Waals surface area contributed by atoms with Crippen LogP contribution in [0.4, 0.5) is 0 Å². The lowest BCUT2D eigenvalue weighted by atomic mass is 10.3. The number of carboxylic acids is 1. The molecule has 0 aliphatic carbocycles. The first kappa shape index (κ1) is 12.3. The minimum atomic E-state index is -1.11. The number of imidazole rings is 1. The van der Waals surface area contributed by atoms with Gasteiger partial charge in [0.25, 0.3) is 0 Å². The van der Waals surface area contributed by atoms with Crippen molar-refractivity contribution < 1.29 is 19.7 Å². The van der Waals surface area contributed by atoms with Crippen molar-refractivity contribution in [3.63, 3.8) is 0 Å². The fraction of sp³-hybridized carbons (Fsp3) is 0.364. The number of carbonyl (C=O) groups is 1. The van der Waals surface area contributed by atoms with Crippen molar-refractivity contribution in [3.05, 3.63) is 24.0 Å². The van der Waals surface area contributed by atoms with Crippen molar-refractivity contribution in [3.8, 4) is 5.88 Å². The molecule has 0 amide bonds. The minimum absolute atomic E-state index is 0.0803. The van der Waals surface area contributed by atoms with Crippen molar-refractivity contribution in [2.24, 2.45) is 0 Å². The zero-order valence-corrected chi connectivity index (χ0v) is 9.94. The Balaban J connectivity index is 2.29. The highest BCUT2D eigenvalue weighted by molar-refractivity contribution is 5.85. The van der Waals surface area contributed by atoms with E-state index in [2.05, 4.69) is 10.1 Å². The second-order valence-electron chi connectivity index (χ2n) is 3.97. The van der Waals surface area contributed by atoms with Gasteiger partial charge in [-0.25, -0.2) is 14.3 Å². The first-order valence-corrected chi connectivity index (χ1v) is 5.42. The molecule has 2 aromatic heterocycles. The van der Waals surface area contributed by atoms with Crippen LogP contribution >= 0.6 is 0 Å². The number of aliphatic hydroxyl groups excluding tert-OH is 1. The first-order chi connectivity index (χ1) is 8.47.